The van der Waals surface area contributed by atoms with Gasteiger partial charge in [-0.25, -0.2) is 8.42 Å². The quantitative estimate of drug-likeness (QED) is 0.352. The first-order valence-corrected chi connectivity index (χ1v) is 14.3. The van der Waals surface area contributed by atoms with Crippen LogP contribution >= 0.6 is 23.2 Å². The maximum atomic E-state index is 13.8. The molecule has 0 radical (unpaired) electrons. The molecule has 0 saturated carbocycles. The van der Waals surface area contributed by atoms with E-state index in [1.54, 1.807) is 69.3 Å². The second-order valence-corrected chi connectivity index (χ2v) is 11.7. The summed E-state index contributed by atoms with van der Waals surface area (Å²) in [5, 5.41) is 3.58. The molecule has 3 aromatic carbocycles. The molecule has 38 heavy (non-hydrogen) atoms. The van der Waals surface area contributed by atoms with Crippen LogP contribution in [0.2, 0.25) is 10.0 Å². The molecule has 10 heteroatoms. The van der Waals surface area contributed by atoms with Gasteiger partial charge in [-0.1, -0.05) is 59.1 Å². The summed E-state index contributed by atoms with van der Waals surface area (Å²) in [5.74, 6) is -0.912. The monoisotopic (exact) mass is 575 g/mol. The highest BCUT2D eigenvalue weighted by Crippen LogP contribution is 2.29. The third-order valence-corrected chi connectivity index (χ3v) is 8.52. The maximum Gasteiger partial charge on any atom is 0.264 e. The summed E-state index contributed by atoms with van der Waals surface area (Å²) < 4.78 is 28.7. The molecule has 0 fully saturated rings. The fourth-order valence-corrected chi connectivity index (χ4v) is 5.63. The van der Waals surface area contributed by atoms with Crippen LogP contribution in [0.3, 0.4) is 0 Å². The van der Waals surface area contributed by atoms with Crippen molar-refractivity contribution in [1.29, 1.82) is 0 Å². The third-order valence-electron chi connectivity index (χ3n) is 6.09. The summed E-state index contributed by atoms with van der Waals surface area (Å²) in [6.45, 7) is 6.95. The zero-order valence-electron chi connectivity index (χ0n) is 21.7. The zero-order valence-corrected chi connectivity index (χ0v) is 24.1. The van der Waals surface area contributed by atoms with Crippen LogP contribution in [0, 0.1) is 13.8 Å². The van der Waals surface area contributed by atoms with Gasteiger partial charge in [0.25, 0.3) is 10.0 Å². The number of nitrogens with one attached hydrogen (secondary N) is 1. The fourth-order valence-electron chi connectivity index (χ4n) is 3.84. The van der Waals surface area contributed by atoms with Crippen molar-refractivity contribution in [2.24, 2.45) is 0 Å². The first-order chi connectivity index (χ1) is 17.9. The predicted octanol–water partition coefficient (Wildman–Crippen LogP) is 5.36. The Kier molecular flexibility index (Phi) is 9.82. The molecule has 202 valence electrons. The molecule has 2 amide bonds. The van der Waals surface area contributed by atoms with E-state index in [1.807, 2.05) is 6.92 Å². The largest absolute Gasteiger partial charge is 0.355 e. The number of hydrogen-bond acceptors (Lipinski definition) is 4. The number of nitrogens with zero attached hydrogens (tertiary/aromatic N) is 2. The molecular formula is C28H31Cl2N3O4S. The third kappa shape index (κ3) is 7.07. The topological polar surface area (TPSA) is 86.8 Å². The normalized spacial score (nSPS) is 12.1. The van der Waals surface area contributed by atoms with Crippen molar-refractivity contribution in [1.82, 2.24) is 10.2 Å². The lowest BCUT2D eigenvalue weighted by molar-refractivity contribution is -0.139. The van der Waals surface area contributed by atoms with Gasteiger partial charge in [0.2, 0.25) is 11.8 Å². The minimum atomic E-state index is -4.16. The Balaban J connectivity index is 2.06. The van der Waals surface area contributed by atoms with Crippen LogP contribution in [0.1, 0.15) is 30.5 Å². The van der Waals surface area contributed by atoms with Crippen LogP contribution in [-0.4, -0.2) is 44.3 Å². The van der Waals surface area contributed by atoms with Crippen molar-refractivity contribution >= 4 is 50.7 Å². The van der Waals surface area contributed by atoms with E-state index in [2.05, 4.69) is 5.32 Å². The van der Waals surface area contributed by atoms with Gasteiger partial charge in [-0.2, -0.15) is 0 Å². The lowest BCUT2D eigenvalue weighted by atomic mass is 10.1. The number of anilines is 1. The van der Waals surface area contributed by atoms with Crippen molar-refractivity contribution < 1.29 is 18.0 Å². The molecule has 0 spiro atoms. The average molecular weight is 577 g/mol. The standard InChI is InChI=1S/C28H31Cl2N3O4S/c1-5-31-28(35)21(4)32(17-22-7-6-8-23(29)15-22)27(34)18-33(24-12-11-20(3)26(30)16-24)38(36,37)25-13-9-19(2)10-14-25/h6-16,21H,5,17-18H2,1-4H3,(H,31,35). The highest BCUT2D eigenvalue weighted by atomic mass is 35.5. The number of rotatable bonds is 10. The molecular weight excluding hydrogens is 545 g/mol. The minimum absolute atomic E-state index is 0.0331. The number of hydrogen-bond donors (Lipinski definition) is 1. The van der Waals surface area contributed by atoms with Gasteiger partial charge in [0.1, 0.15) is 12.6 Å². The number of likely N-dealkylation sites (N-methyl/N-ethyl adjacent to an activating group) is 1. The van der Waals surface area contributed by atoms with Crippen LogP contribution in [0.5, 0.6) is 0 Å². The van der Waals surface area contributed by atoms with E-state index in [0.717, 1.165) is 15.4 Å². The summed E-state index contributed by atoms with van der Waals surface area (Å²) in [6, 6.07) is 17.3. The van der Waals surface area contributed by atoms with Gasteiger partial charge in [-0.15, -0.1) is 0 Å². The van der Waals surface area contributed by atoms with Gasteiger partial charge in [0.05, 0.1) is 10.6 Å². The zero-order chi connectivity index (χ0) is 28.0. The Hall–Kier alpha value is -3.07. The van der Waals surface area contributed by atoms with E-state index >= 15 is 0 Å². The number of aryl methyl sites for hydroxylation is 2. The lowest BCUT2D eigenvalue weighted by Gasteiger charge is -2.32. The van der Waals surface area contributed by atoms with Gasteiger partial charge in [-0.05, 0) is 75.2 Å². The van der Waals surface area contributed by atoms with E-state index in [0.29, 0.717) is 22.2 Å². The Morgan fingerprint density at radius 3 is 2.26 bits per heavy atom. The van der Waals surface area contributed by atoms with E-state index < -0.39 is 28.5 Å². The lowest BCUT2D eigenvalue weighted by Crippen LogP contribution is -2.51. The van der Waals surface area contributed by atoms with Crippen molar-refractivity contribution in [3.05, 3.63) is 93.5 Å². The van der Waals surface area contributed by atoms with E-state index in [9.17, 15) is 18.0 Å². The summed E-state index contributed by atoms with van der Waals surface area (Å²) in [5.41, 5.74) is 2.60. The van der Waals surface area contributed by atoms with Gasteiger partial charge in [-0.3, -0.25) is 13.9 Å². The number of carbonyl (C=O) groups is 2. The number of halogens is 2. The predicted molar refractivity (Wildman–Crippen MR) is 152 cm³/mol. The molecule has 1 N–H and O–H groups in total. The van der Waals surface area contributed by atoms with Gasteiger partial charge in [0, 0.05) is 23.1 Å². The minimum Gasteiger partial charge on any atom is -0.355 e. The average Bonchev–Trinajstić information content (AvgIpc) is 2.87. The SMILES string of the molecule is CCNC(=O)C(C)N(Cc1cccc(Cl)c1)C(=O)CN(c1ccc(C)c(Cl)c1)S(=O)(=O)c1ccc(C)cc1. The van der Waals surface area contributed by atoms with Crippen molar-refractivity contribution in [2.45, 2.75) is 45.2 Å². The number of sulfonamides is 1. The van der Waals surface area contributed by atoms with Crippen LogP contribution in [-0.2, 0) is 26.2 Å². The second-order valence-electron chi connectivity index (χ2n) is 8.98. The van der Waals surface area contributed by atoms with Gasteiger partial charge in [0.15, 0.2) is 0 Å². The first-order valence-electron chi connectivity index (χ1n) is 12.1. The Labute approximate surface area is 234 Å². The van der Waals surface area contributed by atoms with Gasteiger partial charge >= 0.3 is 0 Å². The number of carbonyl (C=O) groups excluding carboxylic acids is 2. The van der Waals surface area contributed by atoms with Crippen molar-refractivity contribution in [2.75, 3.05) is 17.4 Å². The van der Waals surface area contributed by atoms with Crippen LogP contribution < -0.4 is 9.62 Å². The molecule has 7 nitrogen and oxygen atoms in total. The molecule has 3 aromatic rings. The Morgan fingerprint density at radius 1 is 0.974 bits per heavy atom. The van der Waals surface area contributed by atoms with Crippen molar-refractivity contribution in [3.8, 4) is 0 Å². The molecule has 0 aliphatic carbocycles. The summed E-state index contributed by atoms with van der Waals surface area (Å²) in [4.78, 5) is 28.0. The first kappa shape index (κ1) is 29.5. The molecule has 0 heterocycles. The molecule has 0 aromatic heterocycles. The molecule has 1 unspecified atom stereocenters. The number of amides is 2. The highest BCUT2D eigenvalue weighted by molar-refractivity contribution is 7.92. The van der Waals surface area contributed by atoms with E-state index in [4.69, 9.17) is 23.2 Å². The summed E-state index contributed by atoms with van der Waals surface area (Å²) in [6.07, 6.45) is 0. The summed E-state index contributed by atoms with van der Waals surface area (Å²) in [7, 11) is -4.16. The Morgan fingerprint density at radius 2 is 1.66 bits per heavy atom. The van der Waals surface area contributed by atoms with Crippen LogP contribution in [0.4, 0.5) is 5.69 Å². The molecule has 0 saturated heterocycles. The van der Waals surface area contributed by atoms with Gasteiger partial charge < -0.3 is 10.2 Å². The molecule has 0 aliphatic heterocycles. The fraction of sp³-hybridized carbons (Fsp3) is 0.286. The van der Waals surface area contributed by atoms with E-state index in [1.165, 1.54) is 23.1 Å². The maximum absolute atomic E-state index is 13.8. The summed E-state index contributed by atoms with van der Waals surface area (Å²) >= 11 is 12.5. The van der Waals surface area contributed by atoms with Crippen LogP contribution in [0.25, 0.3) is 0 Å². The van der Waals surface area contributed by atoms with Crippen molar-refractivity contribution in [3.63, 3.8) is 0 Å². The Bertz CT molecular complexity index is 1410. The smallest absolute Gasteiger partial charge is 0.264 e. The molecule has 0 aliphatic rings. The number of benzene rings is 3. The van der Waals surface area contributed by atoms with Crippen LogP contribution in [0.15, 0.2) is 71.6 Å². The highest BCUT2D eigenvalue weighted by Gasteiger charge is 2.32. The molecule has 1 atom stereocenters. The van der Waals surface area contributed by atoms with E-state index in [-0.39, 0.29) is 23.0 Å². The molecule has 0 bridgehead atoms. The second kappa shape index (κ2) is 12.7. The molecule has 3 rings (SSSR count).